The third-order valence-corrected chi connectivity index (χ3v) is 1.56. The maximum atomic E-state index is 12.5. The van der Waals surface area contributed by atoms with E-state index in [9.17, 15) is 9.50 Å². The monoisotopic (exact) mass is 241 g/mol. The van der Waals surface area contributed by atoms with Crippen molar-refractivity contribution in [2.45, 2.75) is 40.7 Å². The first kappa shape index (κ1) is 18.0. The van der Waals surface area contributed by atoms with Crippen LogP contribution >= 0.6 is 0 Å². The van der Waals surface area contributed by atoms with E-state index >= 15 is 0 Å². The van der Waals surface area contributed by atoms with Crippen LogP contribution in [0.1, 0.15) is 40.2 Å². The van der Waals surface area contributed by atoms with Crippen LogP contribution in [-0.4, -0.2) is 11.1 Å². The Morgan fingerprint density at radius 3 is 1.94 bits per heavy atom. The summed E-state index contributed by atoms with van der Waals surface area (Å²) in [6.07, 6.45) is 1.51. The third kappa shape index (κ3) is 8.46. The maximum Gasteiger partial charge on any atom is 0.123 e. The highest BCUT2D eigenvalue weighted by Crippen LogP contribution is 2.11. The van der Waals surface area contributed by atoms with Gasteiger partial charge in [0.15, 0.2) is 0 Å². The predicted octanol–water partition coefficient (Wildman–Crippen LogP) is 4.12. The summed E-state index contributed by atoms with van der Waals surface area (Å²) in [7, 11) is 0. The Bertz CT molecular complexity index is 305. The summed E-state index contributed by atoms with van der Waals surface area (Å²) < 4.78 is 12.5. The largest absolute Gasteiger partial charge is 0.508 e. The number of halogens is 1. The summed E-state index contributed by atoms with van der Waals surface area (Å²) in [5, 5.41) is 9.44. The Morgan fingerprint density at radius 1 is 1.18 bits per heavy atom. The maximum absolute atomic E-state index is 12.5. The highest BCUT2D eigenvalue weighted by Gasteiger charge is 1.99. The van der Waals surface area contributed by atoms with Gasteiger partial charge in [-0.05, 0) is 37.3 Å². The lowest BCUT2D eigenvalue weighted by Crippen LogP contribution is -2.11. The number of hydrogen-bond acceptors (Lipinski definition) is 2. The van der Waals surface area contributed by atoms with Gasteiger partial charge in [-0.3, -0.25) is 0 Å². The number of hydrogen-bond donors (Lipinski definition) is 2. The van der Waals surface area contributed by atoms with E-state index in [2.05, 4.69) is 0 Å². The van der Waals surface area contributed by atoms with E-state index in [1.807, 2.05) is 27.7 Å². The molecule has 98 valence electrons. The van der Waals surface area contributed by atoms with Gasteiger partial charge >= 0.3 is 0 Å². The molecule has 0 radical (unpaired) electrons. The topological polar surface area (TPSA) is 46.2 Å². The van der Waals surface area contributed by atoms with Gasteiger partial charge in [0.05, 0.1) is 0 Å². The number of aliphatic hydroxyl groups excluding tert-OH is 1. The molecule has 1 atom stereocenters. The van der Waals surface area contributed by atoms with Crippen molar-refractivity contribution in [1.82, 2.24) is 0 Å². The van der Waals surface area contributed by atoms with E-state index in [0.717, 1.165) is 0 Å². The quantitative estimate of drug-likeness (QED) is 0.765. The van der Waals surface area contributed by atoms with Gasteiger partial charge in [-0.1, -0.05) is 27.7 Å². The summed E-state index contributed by atoms with van der Waals surface area (Å²) in [5.41, 5.74) is 6.02. The molecule has 17 heavy (non-hydrogen) atoms. The molecule has 0 saturated carbocycles. The molecule has 0 amide bonds. The SMILES string of the molecule is CC.CC.CC(N)/C=C(\O)c1ccc(F)cc1. The average molecular weight is 241 g/mol. The Labute approximate surface area is 104 Å². The Hall–Kier alpha value is -1.35. The standard InChI is InChI=1S/C10H12FNO.2C2H6/c1-7(12)6-10(13)8-2-4-9(11)5-3-8;2*1-2/h2-7,13H,12H2,1H3;2*1-2H3/b10-6-;;. The van der Waals surface area contributed by atoms with Crippen molar-refractivity contribution >= 4 is 5.76 Å². The first-order chi connectivity index (χ1) is 8.09. The zero-order valence-corrected chi connectivity index (χ0v) is 11.4. The summed E-state index contributed by atoms with van der Waals surface area (Å²) in [6.45, 7) is 9.75. The lowest BCUT2D eigenvalue weighted by Gasteiger charge is -2.01. The molecule has 3 heteroatoms. The molecule has 0 fully saturated rings. The average Bonchev–Trinajstić information content (AvgIpc) is 2.34. The molecular formula is C14H24FNO. The van der Waals surface area contributed by atoms with Gasteiger partial charge in [-0.25, -0.2) is 4.39 Å². The molecule has 1 aromatic carbocycles. The van der Waals surface area contributed by atoms with Crippen molar-refractivity contribution in [3.8, 4) is 0 Å². The molecule has 0 heterocycles. The molecule has 3 N–H and O–H groups in total. The van der Waals surface area contributed by atoms with E-state index in [0.29, 0.717) is 5.56 Å². The molecule has 2 nitrogen and oxygen atoms in total. The van der Waals surface area contributed by atoms with E-state index in [1.165, 1.54) is 30.3 Å². The van der Waals surface area contributed by atoms with Crippen molar-refractivity contribution < 1.29 is 9.50 Å². The van der Waals surface area contributed by atoms with Gasteiger partial charge in [0.1, 0.15) is 11.6 Å². The summed E-state index contributed by atoms with van der Waals surface area (Å²) in [6, 6.07) is 5.37. The first-order valence-electron chi connectivity index (χ1n) is 6.02. The van der Waals surface area contributed by atoms with Crippen molar-refractivity contribution in [2.75, 3.05) is 0 Å². The van der Waals surface area contributed by atoms with Gasteiger partial charge < -0.3 is 10.8 Å². The number of rotatable bonds is 2. The Balaban J connectivity index is 0. The molecule has 0 bridgehead atoms. The molecule has 0 aliphatic heterocycles. The van der Waals surface area contributed by atoms with Crippen molar-refractivity contribution in [3.05, 3.63) is 41.7 Å². The van der Waals surface area contributed by atoms with Gasteiger partial charge in [-0.15, -0.1) is 0 Å². The van der Waals surface area contributed by atoms with Crippen LogP contribution in [0.5, 0.6) is 0 Å². The number of nitrogens with two attached hydrogens (primary N) is 1. The molecule has 0 aliphatic rings. The van der Waals surface area contributed by atoms with E-state index in [4.69, 9.17) is 5.73 Å². The first-order valence-corrected chi connectivity index (χ1v) is 6.02. The zero-order chi connectivity index (χ0) is 13.8. The molecule has 1 aromatic rings. The fourth-order valence-electron chi connectivity index (χ4n) is 0.966. The smallest absolute Gasteiger partial charge is 0.123 e. The highest BCUT2D eigenvalue weighted by molar-refractivity contribution is 5.58. The van der Waals surface area contributed by atoms with Crippen molar-refractivity contribution in [2.24, 2.45) is 5.73 Å². The molecule has 0 aliphatic carbocycles. The summed E-state index contributed by atoms with van der Waals surface area (Å²) in [5.74, 6) is -0.243. The highest BCUT2D eigenvalue weighted by atomic mass is 19.1. The van der Waals surface area contributed by atoms with Gasteiger partial charge in [0.2, 0.25) is 0 Å². The van der Waals surface area contributed by atoms with E-state index in [1.54, 1.807) is 6.92 Å². The predicted molar refractivity (Wildman–Crippen MR) is 73.4 cm³/mol. The lowest BCUT2D eigenvalue weighted by atomic mass is 10.1. The van der Waals surface area contributed by atoms with Crippen LogP contribution in [0.2, 0.25) is 0 Å². The second kappa shape index (κ2) is 11.1. The second-order valence-electron chi connectivity index (χ2n) is 2.92. The van der Waals surface area contributed by atoms with Crippen LogP contribution in [-0.2, 0) is 0 Å². The van der Waals surface area contributed by atoms with Crippen LogP contribution in [0.25, 0.3) is 5.76 Å². The fourth-order valence-corrected chi connectivity index (χ4v) is 0.966. The fraction of sp³-hybridized carbons (Fsp3) is 0.429. The number of aliphatic hydroxyl groups is 1. The molecule has 1 rings (SSSR count). The normalized spacial score (nSPS) is 11.6. The third-order valence-electron chi connectivity index (χ3n) is 1.56. The Kier molecular flexibility index (Phi) is 11.8. The molecule has 0 saturated heterocycles. The van der Waals surface area contributed by atoms with Gasteiger partial charge in [-0.2, -0.15) is 0 Å². The van der Waals surface area contributed by atoms with Crippen LogP contribution in [0.4, 0.5) is 4.39 Å². The second-order valence-corrected chi connectivity index (χ2v) is 2.92. The van der Waals surface area contributed by atoms with Crippen molar-refractivity contribution in [1.29, 1.82) is 0 Å². The zero-order valence-electron chi connectivity index (χ0n) is 11.4. The van der Waals surface area contributed by atoms with Crippen molar-refractivity contribution in [3.63, 3.8) is 0 Å². The minimum Gasteiger partial charge on any atom is -0.508 e. The van der Waals surface area contributed by atoms with E-state index in [-0.39, 0.29) is 17.6 Å². The minimum atomic E-state index is -0.322. The molecular weight excluding hydrogens is 217 g/mol. The molecule has 0 aromatic heterocycles. The lowest BCUT2D eigenvalue weighted by molar-refractivity contribution is 0.507. The Morgan fingerprint density at radius 2 is 1.59 bits per heavy atom. The summed E-state index contributed by atoms with van der Waals surface area (Å²) in [4.78, 5) is 0. The minimum absolute atomic E-state index is 0.0787. The van der Waals surface area contributed by atoms with Gasteiger partial charge in [0.25, 0.3) is 0 Å². The van der Waals surface area contributed by atoms with Crippen LogP contribution in [0, 0.1) is 5.82 Å². The summed E-state index contributed by atoms with van der Waals surface area (Å²) >= 11 is 0. The van der Waals surface area contributed by atoms with Gasteiger partial charge in [0, 0.05) is 11.6 Å². The van der Waals surface area contributed by atoms with E-state index < -0.39 is 0 Å². The molecule has 0 spiro atoms. The number of benzene rings is 1. The van der Waals surface area contributed by atoms with Crippen LogP contribution < -0.4 is 5.73 Å². The van der Waals surface area contributed by atoms with Crippen LogP contribution in [0.15, 0.2) is 30.3 Å². The molecule has 1 unspecified atom stereocenters. The van der Waals surface area contributed by atoms with Crippen LogP contribution in [0.3, 0.4) is 0 Å².